The lowest BCUT2D eigenvalue weighted by Crippen LogP contribution is -2.04. The summed E-state index contributed by atoms with van der Waals surface area (Å²) in [6.07, 6.45) is 0.224. The molecule has 0 aromatic heterocycles. The molecule has 2 rings (SSSR count). The van der Waals surface area contributed by atoms with Gasteiger partial charge in [0.25, 0.3) is 0 Å². The molecule has 1 aliphatic rings. The molecule has 110 valence electrons. The Balaban J connectivity index is 0.000000741. The topological polar surface area (TPSA) is 29.5 Å². The third-order valence-corrected chi connectivity index (χ3v) is 2.65. The Bertz CT molecular complexity index is 356. The fraction of sp³-hybridized carbons (Fsp3) is 0.600. The van der Waals surface area contributed by atoms with Crippen LogP contribution in [0.3, 0.4) is 0 Å². The average molecular weight is 274 g/mol. The first-order valence-electron chi connectivity index (χ1n) is 6.88. The highest BCUT2D eigenvalue weighted by Gasteiger charge is 2.28. The standard InChI is InChI=1S/C11H12F2O2.2C2H6/c12-8-1-2-9(10(13)4-8)11-3-7(5-14)6-15-11;2*1-2/h1-2,4,7,11,14H,3,5-6H2;2*1-2H3/t7-,11?;;/m1../s1. The molecule has 0 amide bonds. The summed E-state index contributed by atoms with van der Waals surface area (Å²) in [5.41, 5.74) is 0.368. The highest BCUT2D eigenvalue weighted by atomic mass is 19.1. The van der Waals surface area contributed by atoms with Crippen molar-refractivity contribution in [3.8, 4) is 0 Å². The monoisotopic (exact) mass is 274 g/mol. The number of aliphatic hydroxyl groups excluding tert-OH is 1. The molecule has 0 aliphatic carbocycles. The van der Waals surface area contributed by atoms with E-state index < -0.39 is 11.6 Å². The van der Waals surface area contributed by atoms with E-state index in [0.29, 0.717) is 18.6 Å². The van der Waals surface area contributed by atoms with Crippen molar-refractivity contribution < 1.29 is 18.6 Å². The molecule has 1 unspecified atom stereocenters. The highest BCUT2D eigenvalue weighted by molar-refractivity contribution is 5.21. The smallest absolute Gasteiger partial charge is 0.131 e. The second-order valence-electron chi connectivity index (χ2n) is 3.77. The first-order valence-corrected chi connectivity index (χ1v) is 6.88. The van der Waals surface area contributed by atoms with E-state index in [0.717, 1.165) is 6.07 Å². The molecule has 1 fully saturated rings. The van der Waals surface area contributed by atoms with E-state index in [4.69, 9.17) is 9.84 Å². The van der Waals surface area contributed by atoms with Gasteiger partial charge in [-0.1, -0.05) is 33.8 Å². The summed E-state index contributed by atoms with van der Waals surface area (Å²) in [6, 6.07) is 3.47. The van der Waals surface area contributed by atoms with Crippen LogP contribution in [0, 0.1) is 17.6 Å². The number of aliphatic hydroxyl groups is 1. The number of hydrogen-bond donors (Lipinski definition) is 1. The second kappa shape index (κ2) is 9.87. The van der Waals surface area contributed by atoms with E-state index in [9.17, 15) is 8.78 Å². The molecule has 1 N–H and O–H groups in total. The zero-order chi connectivity index (χ0) is 14.8. The number of hydrogen-bond acceptors (Lipinski definition) is 2. The van der Waals surface area contributed by atoms with E-state index in [1.807, 2.05) is 27.7 Å². The number of halogens is 2. The summed E-state index contributed by atoms with van der Waals surface area (Å²) < 4.78 is 31.3. The molecular formula is C15H24F2O2. The molecule has 0 bridgehead atoms. The molecule has 1 heterocycles. The van der Waals surface area contributed by atoms with Crippen LogP contribution < -0.4 is 0 Å². The number of ether oxygens (including phenoxy) is 1. The summed E-state index contributed by atoms with van der Waals surface area (Å²) in [5, 5.41) is 8.91. The van der Waals surface area contributed by atoms with Crippen LogP contribution in [-0.2, 0) is 4.74 Å². The van der Waals surface area contributed by atoms with Crippen molar-refractivity contribution in [2.75, 3.05) is 13.2 Å². The molecule has 19 heavy (non-hydrogen) atoms. The van der Waals surface area contributed by atoms with Crippen LogP contribution in [0.1, 0.15) is 45.8 Å². The van der Waals surface area contributed by atoms with Gasteiger partial charge in [-0.2, -0.15) is 0 Å². The quantitative estimate of drug-likeness (QED) is 0.880. The van der Waals surface area contributed by atoms with E-state index in [-0.39, 0.29) is 18.6 Å². The van der Waals surface area contributed by atoms with Crippen molar-refractivity contribution in [1.82, 2.24) is 0 Å². The molecule has 0 saturated carbocycles. The largest absolute Gasteiger partial charge is 0.396 e. The van der Waals surface area contributed by atoms with Crippen LogP contribution in [0.4, 0.5) is 8.78 Å². The molecule has 1 saturated heterocycles. The van der Waals surface area contributed by atoms with Crippen LogP contribution in [0.5, 0.6) is 0 Å². The maximum atomic E-state index is 13.4. The minimum Gasteiger partial charge on any atom is -0.396 e. The normalized spacial score (nSPS) is 21.0. The third-order valence-electron chi connectivity index (χ3n) is 2.65. The van der Waals surface area contributed by atoms with Crippen molar-refractivity contribution >= 4 is 0 Å². The lowest BCUT2D eigenvalue weighted by Gasteiger charge is -2.10. The second-order valence-corrected chi connectivity index (χ2v) is 3.77. The van der Waals surface area contributed by atoms with Gasteiger partial charge in [0.1, 0.15) is 11.6 Å². The Morgan fingerprint density at radius 3 is 2.32 bits per heavy atom. The summed E-state index contributed by atoms with van der Waals surface area (Å²) in [6.45, 7) is 8.47. The maximum absolute atomic E-state index is 13.4. The fourth-order valence-corrected chi connectivity index (χ4v) is 1.80. The van der Waals surface area contributed by atoms with Crippen molar-refractivity contribution in [3.63, 3.8) is 0 Å². The summed E-state index contributed by atoms with van der Waals surface area (Å²) >= 11 is 0. The van der Waals surface area contributed by atoms with Crippen molar-refractivity contribution in [3.05, 3.63) is 35.4 Å². The molecule has 4 heteroatoms. The molecule has 0 radical (unpaired) electrons. The molecule has 1 aliphatic heterocycles. The van der Waals surface area contributed by atoms with Gasteiger partial charge in [0.15, 0.2) is 0 Å². The summed E-state index contributed by atoms with van der Waals surface area (Å²) in [5.74, 6) is -1.12. The van der Waals surface area contributed by atoms with Crippen molar-refractivity contribution in [1.29, 1.82) is 0 Å². The first-order chi connectivity index (χ1) is 9.20. The minimum atomic E-state index is -0.590. The van der Waals surface area contributed by atoms with Crippen molar-refractivity contribution in [2.45, 2.75) is 40.2 Å². The van der Waals surface area contributed by atoms with Gasteiger partial charge in [-0.15, -0.1) is 0 Å². The van der Waals surface area contributed by atoms with Gasteiger partial charge in [0.05, 0.1) is 12.7 Å². The Morgan fingerprint density at radius 1 is 1.21 bits per heavy atom. The summed E-state index contributed by atoms with van der Waals surface area (Å²) in [4.78, 5) is 0. The Kier molecular flexibility index (Phi) is 9.35. The molecule has 2 nitrogen and oxygen atoms in total. The van der Waals surface area contributed by atoms with E-state index in [1.54, 1.807) is 0 Å². The molecular weight excluding hydrogens is 250 g/mol. The van der Waals surface area contributed by atoms with Gasteiger partial charge >= 0.3 is 0 Å². The molecule has 0 spiro atoms. The Morgan fingerprint density at radius 2 is 1.84 bits per heavy atom. The third kappa shape index (κ3) is 5.25. The predicted molar refractivity (Wildman–Crippen MR) is 72.9 cm³/mol. The maximum Gasteiger partial charge on any atom is 0.131 e. The van der Waals surface area contributed by atoms with Gasteiger partial charge in [0, 0.05) is 24.2 Å². The van der Waals surface area contributed by atoms with Crippen LogP contribution in [0.15, 0.2) is 18.2 Å². The highest BCUT2D eigenvalue weighted by Crippen LogP contribution is 2.33. The van der Waals surface area contributed by atoms with Crippen LogP contribution in [0.25, 0.3) is 0 Å². The Hall–Kier alpha value is -1.00. The predicted octanol–water partition coefficient (Wildman–Crippen LogP) is 4.09. The lowest BCUT2D eigenvalue weighted by atomic mass is 10.0. The van der Waals surface area contributed by atoms with E-state index in [1.165, 1.54) is 12.1 Å². The van der Waals surface area contributed by atoms with Gasteiger partial charge in [-0.3, -0.25) is 0 Å². The fourth-order valence-electron chi connectivity index (χ4n) is 1.80. The summed E-state index contributed by atoms with van der Waals surface area (Å²) in [7, 11) is 0. The first kappa shape index (κ1) is 18.0. The zero-order valence-electron chi connectivity index (χ0n) is 12.1. The van der Waals surface area contributed by atoms with Gasteiger partial charge in [-0.05, 0) is 12.5 Å². The minimum absolute atomic E-state index is 0.0410. The van der Waals surface area contributed by atoms with Gasteiger partial charge in [-0.25, -0.2) is 8.78 Å². The van der Waals surface area contributed by atoms with Crippen LogP contribution in [0.2, 0.25) is 0 Å². The van der Waals surface area contributed by atoms with Gasteiger partial charge in [0.2, 0.25) is 0 Å². The SMILES string of the molecule is CC.CC.OC[C@@H]1COC(c2ccc(F)cc2F)C1. The lowest BCUT2D eigenvalue weighted by molar-refractivity contribution is 0.0990. The number of benzene rings is 1. The zero-order valence-corrected chi connectivity index (χ0v) is 12.1. The van der Waals surface area contributed by atoms with E-state index in [2.05, 4.69) is 0 Å². The van der Waals surface area contributed by atoms with Crippen molar-refractivity contribution in [2.24, 2.45) is 5.92 Å². The molecule has 2 atom stereocenters. The van der Waals surface area contributed by atoms with E-state index >= 15 is 0 Å². The average Bonchev–Trinajstić information content (AvgIpc) is 2.92. The van der Waals surface area contributed by atoms with Crippen LogP contribution >= 0.6 is 0 Å². The number of rotatable bonds is 2. The van der Waals surface area contributed by atoms with Gasteiger partial charge < -0.3 is 9.84 Å². The van der Waals surface area contributed by atoms with Crippen LogP contribution in [-0.4, -0.2) is 18.3 Å². The Labute approximate surface area is 114 Å². The molecule has 1 aromatic rings. The molecule has 1 aromatic carbocycles.